The lowest BCUT2D eigenvalue weighted by molar-refractivity contribution is -0.149. The molecule has 1 aliphatic rings. The Labute approximate surface area is 167 Å². The third-order valence-electron chi connectivity index (χ3n) is 4.80. The second-order valence-corrected chi connectivity index (χ2v) is 8.15. The van der Waals surface area contributed by atoms with E-state index in [1.54, 1.807) is 6.20 Å². The first kappa shape index (κ1) is 20.0. The molecule has 148 valence electrons. The number of nitrogens with one attached hydrogen (secondary N) is 1. The number of hydrogen-bond acceptors (Lipinski definition) is 5. The van der Waals surface area contributed by atoms with E-state index in [1.807, 2.05) is 44.2 Å². The number of benzene rings is 1. The van der Waals surface area contributed by atoms with Gasteiger partial charge in [-0.2, -0.15) is 0 Å². The Morgan fingerprint density at radius 3 is 2.61 bits per heavy atom. The van der Waals surface area contributed by atoms with E-state index in [9.17, 15) is 19.5 Å². The molecular weight excluding hydrogens is 378 g/mol. The van der Waals surface area contributed by atoms with Crippen LogP contribution in [0.15, 0.2) is 36.5 Å². The topological polar surface area (TPSA) is 99.6 Å². The van der Waals surface area contributed by atoms with Crippen LogP contribution in [0.2, 0.25) is 0 Å². The van der Waals surface area contributed by atoms with Crippen LogP contribution in [0.4, 0.5) is 0 Å². The highest BCUT2D eigenvalue weighted by atomic mass is 32.1. The summed E-state index contributed by atoms with van der Waals surface area (Å²) >= 11 is 1.26. The predicted octanol–water partition coefficient (Wildman–Crippen LogP) is 2.64. The van der Waals surface area contributed by atoms with Gasteiger partial charge in [0.1, 0.15) is 12.1 Å². The number of carbonyl (C=O) groups excluding carboxylic acids is 2. The zero-order chi connectivity index (χ0) is 20.3. The minimum atomic E-state index is -1.01. The van der Waals surface area contributed by atoms with Crippen LogP contribution in [0.25, 0.3) is 10.4 Å². The molecule has 0 spiro atoms. The maximum atomic E-state index is 12.9. The summed E-state index contributed by atoms with van der Waals surface area (Å²) in [5.41, 5.74) is 0.969. The average Bonchev–Trinajstić information content (AvgIpc) is 3.35. The van der Waals surface area contributed by atoms with Gasteiger partial charge in [0.15, 0.2) is 5.01 Å². The molecule has 2 atom stereocenters. The number of hydrogen-bond donors (Lipinski definition) is 2. The van der Waals surface area contributed by atoms with Gasteiger partial charge in [0.2, 0.25) is 5.91 Å². The van der Waals surface area contributed by atoms with Gasteiger partial charge in [-0.15, -0.1) is 11.3 Å². The second-order valence-electron chi connectivity index (χ2n) is 7.12. The fourth-order valence-corrected chi connectivity index (χ4v) is 4.12. The zero-order valence-corrected chi connectivity index (χ0v) is 16.6. The van der Waals surface area contributed by atoms with Gasteiger partial charge in [0.05, 0.1) is 4.88 Å². The Bertz CT molecular complexity index is 865. The maximum Gasteiger partial charge on any atom is 0.326 e. The average molecular weight is 401 g/mol. The van der Waals surface area contributed by atoms with Crippen molar-refractivity contribution in [2.45, 2.75) is 38.8 Å². The molecule has 1 aromatic carbocycles. The fourth-order valence-electron chi connectivity index (χ4n) is 3.30. The quantitative estimate of drug-likeness (QED) is 0.775. The smallest absolute Gasteiger partial charge is 0.326 e. The molecule has 0 radical (unpaired) electrons. The maximum absolute atomic E-state index is 12.9. The summed E-state index contributed by atoms with van der Waals surface area (Å²) in [5.74, 6) is -1.97. The van der Waals surface area contributed by atoms with Gasteiger partial charge in [-0.05, 0) is 24.3 Å². The van der Waals surface area contributed by atoms with Crippen LogP contribution in [0.1, 0.15) is 36.5 Å². The number of nitrogens with zero attached hydrogens (tertiary/aromatic N) is 2. The summed E-state index contributed by atoms with van der Waals surface area (Å²) in [6.45, 7) is 4.04. The molecule has 2 amide bonds. The first-order valence-electron chi connectivity index (χ1n) is 9.24. The normalized spacial score (nSPS) is 17.5. The summed E-state index contributed by atoms with van der Waals surface area (Å²) in [6, 6.07) is 8.00. The number of carbonyl (C=O) groups is 3. The molecule has 0 bridgehead atoms. The molecule has 0 unspecified atom stereocenters. The van der Waals surface area contributed by atoms with Crippen molar-refractivity contribution in [1.29, 1.82) is 0 Å². The van der Waals surface area contributed by atoms with E-state index in [0.29, 0.717) is 19.4 Å². The van der Waals surface area contributed by atoms with Gasteiger partial charge in [0, 0.05) is 12.7 Å². The van der Waals surface area contributed by atoms with Gasteiger partial charge >= 0.3 is 5.97 Å². The lowest BCUT2D eigenvalue weighted by Gasteiger charge is -2.29. The minimum absolute atomic E-state index is 0.181. The highest BCUT2D eigenvalue weighted by molar-refractivity contribution is 7.17. The number of aromatic nitrogens is 1. The number of rotatable bonds is 6. The van der Waals surface area contributed by atoms with Crippen LogP contribution in [-0.2, 0) is 9.59 Å². The van der Waals surface area contributed by atoms with Crippen molar-refractivity contribution in [3.63, 3.8) is 0 Å². The summed E-state index contributed by atoms with van der Waals surface area (Å²) in [4.78, 5) is 43.4. The lowest BCUT2D eigenvalue weighted by atomic mass is 10.0. The number of aliphatic carboxylic acids is 1. The van der Waals surface area contributed by atoms with E-state index >= 15 is 0 Å². The molecule has 0 aliphatic carbocycles. The van der Waals surface area contributed by atoms with E-state index < -0.39 is 24.0 Å². The van der Waals surface area contributed by atoms with Crippen LogP contribution >= 0.6 is 11.3 Å². The Morgan fingerprint density at radius 1 is 1.25 bits per heavy atom. The van der Waals surface area contributed by atoms with Crippen molar-refractivity contribution in [2.24, 2.45) is 5.92 Å². The third kappa shape index (κ3) is 4.22. The first-order valence-corrected chi connectivity index (χ1v) is 10.1. The second kappa shape index (κ2) is 8.52. The summed E-state index contributed by atoms with van der Waals surface area (Å²) in [5, 5.41) is 12.4. The van der Waals surface area contributed by atoms with Crippen molar-refractivity contribution < 1.29 is 19.5 Å². The standard InChI is InChI=1S/C20H23N3O4S/c1-12(2)16(19(25)23-10-6-9-14(23)20(26)27)22-17(24)18-21-11-15(28-18)13-7-4-3-5-8-13/h3-5,7-8,11-12,14,16H,6,9-10H2,1-2H3,(H,22,24)(H,26,27)/t14-,16-/m0/s1. The first-order chi connectivity index (χ1) is 13.4. The van der Waals surface area contributed by atoms with Crippen molar-refractivity contribution in [3.8, 4) is 10.4 Å². The molecule has 7 nitrogen and oxygen atoms in total. The minimum Gasteiger partial charge on any atom is -0.480 e. The molecule has 1 aromatic heterocycles. The lowest BCUT2D eigenvalue weighted by Crippen LogP contribution is -2.53. The molecule has 28 heavy (non-hydrogen) atoms. The molecule has 3 rings (SSSR count). The highest BCUT2D eigenvalue weighted by Gasteiger charge is 2.38. The number of amides is 2. The van der Waals surface area contributed by atoms with E-state index in [4.69, 9.17) is 0 Å². The Hall–Kier alpha value is -2.74. The van der Waals surface area contributed by atoms with Crippen molar-refractivity contribution in [3.05, 3.63) is 41.5 Å². The Balaban J connectivity index is 1.74. The molecule has 0 saturated carbocycles. The molecule has 8 heteroatoms. The van der Waals surface area contributed by atoms with Crippen LogP contribution in [-0.4, -0.2) is 51.4 Å². The molecular formula is C20H23N3O4S. The fraction of sp³-hybridized carbons (Fsp3) is 0.400. The van der Waals surface area contributed by atoms with E-state index in [1.165, 1.54) is 16.2 Å². The molecule has 2 N–H and O–H groups in total. The van der Waals surface area contributed by atoms with E-state index in [-0.39, 0.29) is 16.8 Å². The van der Waals surface area contributed by atoms with Crippen LogP contribution < -0.4 is 5.32 Å². The third-order valence-corrected chi connectivity index (χ3v) is 5.84. The van der Waals surface area contributed by atoms with Gasteiger partial charge in [-0.3, -0.25) is 9.59 Å². The summed E-state index contributed by atoms with van der Waals surface area (Å²) in [7, 11) is 0. The van der Waals surface area contributed by atoms with Gasteiger partial charge in [-0.1, -0.05) is 44.2 Å². The van der Waals surface area contributed by atoms with Crippen molar-refractivity contribution >= 4 is 29.1 Å². The van der Waals surface area contributed by atoms with E-state index in [2.05, 4.69) is 10.3 Å². The van der Waals surface area contributed by atoms with Crippen molar-refractivity contribution in [2.75, 3.05) is 6.54 Å². The van der Waals surface area contributed by atoms with Crippen LogP contribution in [0.5, 0.6) is 0 Å². The Kier molecular flexibility index (Phi) is 6.08. The molecule has 2 heterocycles. The molecule has 1 fully saturated rings. The van der Waals surface area contributed by atoms with Crippen LogP contribution in [0, 0.1) is 5.92 Å². The number of carboxylic acids is 1. The Morgan fingerprint density at radius 2 is 1.96 bits per heavy atom. The highest BCUT2D eigenvalue weighted by Crippen LogP contribution is 2.26. The van der Waals surface area contributed by atoms with Gasteiger partial charge < -0.3 is 15.3 Å². The molecule has 1 saturated heterocycles. The number of thiazole rings is 1. The largest absolute Gasteiger partial charge is 0.480 e. The monoisotopic (exact) mass is 401 g/mol. The molecule has 1 aliphatic heterocycles. The zero-order valence-electron chi connectivity index (χ0n) is 15.8. The predicted molar refractivity (Wildman–Crippen MR) is 106 cm³/mol. The molecule has 2 aromatic rings. The van der Waals surface area contributed by atoms with Crippen molar-refractivity contribution in [1.82, 2.24) is 15.2 Å². The van der Waals surface area contributed by atoms with E-state index in [0.717, 1.165) is 10.4 Å². The van der Waals surface area contributed by atoms with Gasteiger partial charge in [-0.25, -0.2) is 9.78 Å². The summed E-state index contributed by atoms with van der Waals surface area (Å²) < 4.78 is 0. The van der Waals surface area contributed by atoms with Crippen LogP contribution in [0.3, 0.4) is 0 Å². The SMILES string of the molecule is CC(C)[C@H](NC(=O)c1ncc(-c2ccccc2)s1)C(=O)N1CCC[C@H]1C(=O)O. The number of likely N-dealkylation sites (tertiary alicyclic amines) is 1. The van der Waals surface area contributed by atoms with Gasteiger partial charge in [0.25, 0.3) is 5.91 Å². The summed E-state index contributed by atoms with van der Waals surface area (Å²) in [6.07, 6.45) is 2.73. The number of carboxylic acid groups (broad SMARTS) is 1.